The van der Waals surface area contributed by atoms with Crippen LogP contribution in [0.25, 0.3) is 0 Å². The van der Waals surface area contributed by atoms with Crippen LogP contribution in [-0.2, 0) is 4.79 Å². The van der Waals surface area contributed by atoms with Crippen LogP contribution in [0, 0.1) is 5.92 Å². The minimum Gasteiger partial charge on any atom is -0.352 e. The Kier molecular flexibility index (Phi) is 4.00. The molecule has 2 fully saturated rings. The lowest BCUT2D eigenvalue weighted by molar-refractivity contribution is -0.123. The second-order valence-corrected chi connectivity index (χ2v) is 3.83. The van der Waals surface area contributed by atoms with Crippen LogP contribution in [0.3, 0.4) is 0 Å². The lowest BCUT2D eigenvalue weighted by atomic mass is 10.1. The summed E-state index contributed by atoms with van der Waals surface area (Å²) in [4.78, 5) is 11.3. The van der Waals surface area contributed by atoms with Crippen molar-refractivity contribution in [3.63, 3.8) is 0 Å². The SMILES string of the molecule is Cl.O=C(N[C@H]1CCCNC1)C1CC1. The van der Waals surface area contributed by atoms with Crippen molar-refractivity contribution in [3.8, 4) is 0 Å². The number of carbonyl (C=O) groups excluding carboxylic acids is 1. The van der Waals surface area contributed by atoms with E-state index in [9.17, 15) is 4.79 Å². The minimum atomic E-state index is 0. The Morgan fingerprint density at radius 1 is 1.31 bits per heavy atom. The first-order valence-electron chi connectivity index (χ1n) is 4.87. The van der Waals surface area contributed by atoms with Crippen LogP contribution in [0.2, 0.25) is 0 Å². The van der Waals surface area contributed by atoms with E-state index in [1.165, 1.54) is 6.42 Å². The fraction of sp³-hybridized carbons (Fsp3) is 0.889. The van der Waals surface area contributed by atoms with Gasteiger partial charge in [-0.15, -0.1) is 12.4 Å². The van der Waals surface area contributed by atoms with Crippen molar-refractivity contribution in [2.24, 2.45) is 5.92 Å². The number of nitrogens with one attached hydrogen (secondary N) is 2. The summed E-state index contributed by atoms with van der Waals surface area (Å²) in [6.07, 6.45) is 4.54. The molecule has 0 aromatic heterocycles. The van der Waals surface area contributed by atoms with Gasteiger partial charge in [0.15, 0.2) is 0 Å². The number of piperidine rings is 1. The van der Waals surface area contributed by atoms with Gasteiger partial charge in [0, 0.05) is 18.5 Å². The molecule has 0 spiro atoms. The van der Waals surface area contributed by atoms with Crippen LogP contribution in [0.15, 0.2) is 0 Å². The van der Waals surface area contributed by atoms with Crippen molar-refractivity contribution in [2.45, 2.75) is 31.7 Å². The first kappa shape index (κ1) is 10.8. The monoisotopic (exact) mass is 204 g/mol. The fourth-order valence-electron chi connectivity index (χ4n) is 1.64. The first-order chi connectivity index (χ1) is 5.86. The Labute approximate surface area is 85.1 Å². The van der Waals surface area contributed by atoms with Gasteiger partial charge >= 0.3 is 0 Å². The average Bonchev–Trinajstić information content (AvgIpc) is 2.88. The molecule has 1 aliphatic heterocycles. The Morgan fingerprint density at radius 3 is 2.62 bits per heavy atom. The third kappa shape index (κ3) is 3.16. The van der Waals surface area contributed by atoms with E-state index in [-0.39, 0.29) is 18.3 Å². The van der Waals surface area contributed by atoms with E-state index in [0.29, 0.717) is 12.0 Å². The maximum Gasteiger partial charge on any atom is 0.223 e. The third-order valence-electron chi connectivity index (χ3n) is 2.59. The number of rotatable bonds is 2. The molecule has 2 N–H and O–H groups in total. The molecule has 0 aromatic carbocycles. The van der Waals surface area contributed by atoms with Crippen molar-refractivity contribution in [1.29, 1.82) is 0 Å². The summed E-state index contributed by atoms with van der Waals surface area (Å²) in [5.41, 5.74) is 0. The topological polar surface area (TPSA) is 41.1 Å². The normalized spacial score (nSPS) is 27.5. The van der Waals surface area contributed by atoms with Crippen LogP contribution in [0.4, 0.5) is 0 Å². The van der Waals surface area contributed by atoms with Gasteiger partial charge in [-0.1, -0.05) is 0 Å². The summed E-state index contributed by atoms with van der Waals surface area (Å²) in [6, 6.07) is 0.395. The Balaban J connectivity index is 0.000000845. The zero-order chi connectivity index (χ0) is 8.39. The Hall–Kier alpha value is -0.280. The van der Waals surface area contributed by atoms with E-state index in [0.717, 1.165) is 32.4 Å². The number of carbonyl (C=O) groups is 1. The molecule has 1 amide bonds. The molecule has 3 nitrogen and oxygen atoms in total. The molecule has 0 unspecified atom stereocenters. The number of halogens is 1. The van der Waals surface area contributed by atoms with Crippen molar-refractivity contribution in [2.75, 3.05) is 13.1 Å². The van der Waals surface area contributed by atoms with Crippen molar-refractivity contribution in [3.05, 3.63) is 0 Å². The maximum atomic E-state index is 11.3. The van der Waals surface area contributed by atoms with Crippen molar-refractivity contribution < 1.29 is 4.79 Å². The minimum absolute atomic E-state index is 0. The van der Waals surface area contributed by atoms with Crippen LogP contribution in [0.5, 0.6) is 0 Å². The lowest BCUT2D eigenvalue weighted by Gasteiger charge is -2.23. The fourth-order valence-corrected chi connectivity index (χ4v) is 1.64. The molecule has 76 valence electrons. The smallest absolute Gasteiger partial charge is 0.223 e. The molecule has 1 saturated heterocycles. The molecule has 0 radical (unpaired) electrons. The van der Waals surface area contributed by atoms with Crippen molar-refractivity contribution >= 4 is 18.3 Å². The molecule has 1 aliphatic carbocycles. The van der Waals surface area contributed by atoms with E-state index >= 15 is 0 Å². The summed E-state index contributed by atoms with van der Waals surface area (Å²) in [6.45, 7) is 2.06. The summed E-state index contributed by atoms with van der Waals surface area (Å²) < 4.78 is 0. The van der Waals surface area contributed by atoms with Crippen LogP contribution in [0.1, 0.15) is 25.7 Å². The third-order valence-corrected chi connectivity index (χ3v) is 2.59. The van der Waals surface area contributed by atoms with Gasteiger partial charge in [0.2, 0.25) is 5.91 Å². The van der Waals surface area contributed by atoms with Gasteiger partial charge in [0.25, 0.3) is 0 Å². The highest BCUT2D eigenvalue weighted by Crippen LogP contribution is 2.29. The van der Waals surface area contributed by atoms with E-state index < -0.39 is 0 Å². The van der Waals surface area contributed by atoms with Gasteiger partial charge in [-0.2, -0.15) is 0 Å². The largest absolute Gasteiger partial charge is 0.352 e. The van der Waals surface area contributed by atoms with Crippen LogP contribution < -0.4 is 10.6 Å². The second-order valence-electron chi connectivity index (χ2n) is 3.83. The predicted octanol–water partition coefficient (Wildman–Crippen LogP) is 0.686. The standard InChI is InChI=1S/C9H16N2O.ClH/c12-9(7-3-4-7)11-8-2-1-5-10-6-8;/h7-8,10H,1-6H2,(H,11,12);1H/t8-;/m0./s1. The molecule has 13 heavy (non-hydrogen) atoms. The molecule has 2 rings (SSSR count). The second kappa shape index (κ2) is 4.82. The molecule has 2 aliphatic rings. The molecule has 4 heteroatoms. The van der Waals surface area contributed by atoms with E-state index in [1.54, 1.807) is 0 Å². The summed E-state index contributed by atoms with van der Waals surface area (Å²) in [5.74, 6) is 0.635. The van der Waals surface area contributed by atoms with Crippen LogP contribution in [-0.4, -0.2) is 25.0 Å². The highest BCUT2D eigenvalue weighted by atomic mass is 35.5. The van der Waals surface area contributed by atoms with Gasteiger partial charge in [0.1, 0.15) is 0 Å². The molecule has 1 heterocycles. The van der Waals surface area contributed by atoms with Gasteiger partial charge in [-0.25, -0.2) is 0 Å². The number of hydrogen-bond donors (Lipinski definition) is 2. The quantitative estimate of drug-likeness (QED) is 0.695. The van der Waals surface area contributed by atoms with Gasteiger partial charge in [0.05, 0.1) is 0 Å². The van der Waals surface area contributed by atoms with E-state index in [2.05, 4.69) is 10.6 Å². The van der Waals surface area contributed by atoms with Gasteiger partial charge in [-0.05, 0) is 32.2 Å². The zero-order valence-electron chi connectivity index (χ0n) is 7.71. The van der Waals surface area contributed by atoms with E-state index in [1.807, 2.05) is 0 Å². The summed E-state index contributed by atoms with van der Waals surface area (Å²) >= 11 is 0. The summed E-state index contributed by atoms with van der Waals surface area (Å²) in [7, 11) is 0. The average molecular weight is 205 g/mol. The maximum absolute atomic E-state index is 11.3. The molecule has 1 atom stereocenters. The lowest BCUT2D eigenvalue weighted by Crippen LogP contribution is -2.46. The zero-order valence-corrected chi connectivity index (χ0v) is 8.53. The number of amides is 1. The Bertz CT molecular complexity index is 176. The predicted molar refractivity (Wildman–Crippen MR) is 54.0 cm³/mol. The highest BCUT2D eigenvalue weighted by Gasteiger charge is 2.30. The first-order valence-corrected chi connectivity index (χ1v) is 4.87. The molecule has 0 bridgehead atoms. The summed E-state index contributed by atoms with van der Waals surface area (Å²) in [5, 5.41) is 6.36. The molecule has 1 saturated carbocycles. The highest BCUT2D eigenvalue weighted by molar-refractivity contribution is 5.85. The van der Waals surface area contributed by atoms with Crippen molar-refractivity contribution in [1.82, 2.24) is 10.6 Å². The van der Waals surface area contributed by atoms with Gasteiger partial charge in [-0.3, -0.25) is 4.79 Å². The Morgan fingerprint density at radius 2 is 2.08 bits per heavy atom. The van der Waals surface area contributed by atoms with E-state index in [4.69, 9.17) is 0 Å². The molecular weight excluding hydrogens is 188 g/mol. The molecule has 0 aromatic rings. The molecular formula is C9H17ClN2O. The van der Waals surface area contributed by atoms with Crippen LogP contribution >= 0.6 is 12.4 Å². The number of hydrogen-bond acceptors (Lipinski definition) is 2. The van der Waals surface area contributed by atoms with Gasteiger partial charge < -0.3 is 10.6 Å².